The number of aromatic nitrogens is 3. The van der Waals surface area contributed by atoms with Crippen molar-refractivity contribution in [2.45, 2.75) is 25.7 Å². The molecule has 0 fully saturated rings. The van der Waals surface area contributed by atoms with E-state index in [2.05, 4.69) is 200 Å². The zero-order valence-corrected chi connectivity index (χ0v) is 35.7. The minimum atomic E-state index is 0.898. The van der Waals surface area contributed by atoms with Gasteiger partial charge in [-0.25, -0.2) is 0 Å². The third-order valence-corrected chi connectivity index (χ3v) is 12.1. The average Bonchev–Trinajstić information content (AvgIpc) is 3.38. The SMILES string of the molecule is c1ccc(-c2ccc(-c3cc(-c4ccccn4)ccc3-c3ccccc3-c3cc(CCc4ccc(-c5ccccc5)nc4)cc(CCc4ccc(-c5ccccc5)nc4)c3)cc2)cc1. The molecular weight excluding hydrogens is 775 g/mol. The van der Waals surface area contributed by atoms with Crippen LogP contribution in [0.5, 0.6) is 0 Å². The number of pyridine rings is 3. The highest BCUT2D eigenvalue weighted by molar-refractivity contribution is 5.93. The number of aryl methyl sites for hydroxylation is 4. The predicted molar refractivity (Wildman–Crippen MR) is 266 cm³/mol. The van der Waals surface area contributed by atoms with Crippen LogP contribution in [0.15, 0.2) is 237 Å². The molecule has 3 heteroatoms. The second-order valence-corrected chi connectivity index (χ2v) is 16.3. The Labute approximate surface area is 376 Å². The summed E-state index contributed by atoms with van der Waals surface area (Å²) in [6, 6.07) is 78.1. The van der Waals surface area contributed by atoms with Crippen molar-refractivity contribution in [3.63, 3.8) is 0 Å². The third kappa shape index (κ3) is 9.25. The van der Waals surface area contributed by atoms with Crippen LogP contribution in [-0.2, 0) is 25.7 Å². The van der Waals surface area contributed by atoms with E-state index in [1.807, 2.05) is 36.8 Å². The highest BCUT2D eigenvalue weighted by Gasteiger charge is 2.16. The molecule has 306 valence electrons. The van der Waals surface area contributed by atoms with Crippen molar-refractivity contribution in [1.29, 1.82) is 0 Å². The van der Waals surface area contributed by atoms with Gasteiger partial charge in [0.05, 0.1) is 17.1 Å². The molecule has 0 aliphatic carbocycles. The van der Waals surface area contributed by atoms with Crippen LogP contribution < -0.4 is 0 Å². The summed E-state index contributed by atoms with van der Waals surface area (Å²) >= 11 is 0. The monoisotopic (exact) mass is 821 g/mol. The lowest BCUT2D eigenvalue weighted by Crippen LogP contribution is -1.99. The number of nitrogens with zero attached hydrogens (tertiary/aromatic N) is 3. The van der Waals surface area contributed by atoms with Gasteiger partial charge in [0.1, 0.15) is 0 Å². The molecule has 3 aromatic heterocycles. The van der Waals surface area contributed by atoms with Crippen LogP contribution in [0.3, 0.4) is 0 Å². The molecule has 10 aromatic rings. The fraction of sp³-hybridized carbons (Fsp3) is 0.0656. The first-order chi connectivity index (χ1) is 31.7. The van der Waals surface area contributed by atoms with Gasteiger partial charge in [-0.05, 0) is 123 Å². The maximum Gasteiger partial charge on any atom is 0.0702 e. The number of hydrogen-bond acceptors (Lipinski definition) is 3. The summed E-state index contributed by atoms with van der Waals surface area (Å²) in [4.78, 5) is 14.4. The van der Waals surface area contributed by atoms with Gasteiger partial charge in [0.15, 0.2) is 0 Å². The smallest absolute Gasteiger partial charge is 0.0702 e. The molecule has 0 amide bonds. The van der Waals surface area contributed by atoms with Gasteiger partial charge in [-0.3, -0.25) is 15.0 Å². The van der Waals surface area contributed by atoms with E-state index >= 15 is 0 Å². The molecule has 0 radical (unpaired) electrons. The Morgan fingerprint density at radius 2 is 0.688 bits per heavy atom. The van der Waals surface area contributed by atoms with E-state index in [0.29, 0.717) is 0 Å². The summed E-state index contributed by atoms with van der Waals surface area (Å²) in [5.41, 5.74) is 20.9. The molecule has 0 spiro atoms. The van der Waals surface area contributed by atoms with Crippen LogP contribution in [0.4, 0.5) is 0 Å². The molecule has 0 atom stereocenters. The first-order valence-electron chi connectivity index (χ1n) is 22.1. The van der Waals surface area contributed by atoms with E-state index in [0.717, 1.165) is 65.0 Å². The van der Waals surface area contributed by atoms with E-state index in [-0.39, 0.29) is 0 Å². The van der Waals surface area contributed by atoms with Crippen molar-refractivity contribution in [1.82, 2.24) is 15.0 Å². The Balaban J connectivity index is 1.01. The second-order valence-electron chi connectivity index (χ2n) is 16.3. The largest absolute Gasteiger partial charge is 0.256 e. The second kappa shape index (κ2) is 18.9. The number of rotatable bonds is 13. The van der Waals surface area contributed by atoms with Crippen molar-refractivity contribution in [2.75, 3.05) is 0 Å². The lowest BCUT2D eigenvalue weighted by molar-refractivity contribution is 0.923. The highest BCUT2D eigenvalue weighted by Crippen LogP contribution is 2.41. The Kier molecular flexibility index (Phi) is 11.9. The van der Waals surface area contributed by atoms with Crippen LogP contribution in [0, 0.1) is 0 Å². The summed E-state index contributed by atoms with van der Waals surface area (Å²) < 4.78 is 0. The molecule has 0 aliphatic heterocycles. The average molecular weight is 822 g/mol. The van der Waals surface area contributed by atoms with Gasteiger partial charge in [0.25, 0.3) is 0 Å². The van der Waals surface area contributed by atoms with Crippen LogP contribution in [0.1, 0.15) is 22.3 Å². The van der Waals surface area contributed by atoms with Crippen LogP contribution in [-0.4, -0.2) is 15.0 Å². The molecule has 0 N–H and O–H groups in total. The van der Waals surface area contributed by atoms with Crippen molar-refractivity contribution in [3.05, 3.63) is 259 Å². The minimum absolute atomic E-state index is 0.898. The van der Waals surface area contributed by atoms with Crippen LogP contribution in [0.25, 0.3) is 78.3 Å². The molecule has 7 aromatic carbocycles. The summed E-state index contributed by atoms with van der Waals surface area (Å²) in [5, 5.41) is 0. The molecule has 10 rings (SSSR count). The molecule has 0 aliphatic rings. The summed E-state index contributed by atoms with van der Waals surface area (Å²) in [6.45, 7) is 0. The van der Waals surface area contributed by atoms with Crippen molar-refractivity contribution < 1.29 is 0 Å². The first-order valence-corrected chi connectivity index (χ1v) is 22.1. The lowest BCUT2D eigenvalue weighted by atomic mass is 9.86. The summed E-state index contributed by atoms with van der Waals surface area (Å²) in [5.74, 6) is 0. The minimum Gasteiger partial charge on any atom is -0.256 e. The Bertz CT molecular complexity index is 2990. The van der Waals surface area contributed by atoms with Gasteiger partial charge in [-0.1, -0.05) is 188 Å². The Morgan fingerprint density at radius 3 is 1.23 bits per heavy atom. The topological polar surface area (TPSA) is 38.7 Å². The molecule has 0 unspecified atom stereocenters. The quantitative estimate of drug-likeness (QED) is 0.116. The summed E-state index contributed by atoms with van der Waals surface area (Å²) in [7, 11) is 0. The van der Waals surface area contributed by atoms with Crippen molar-refractivity contribution in [3.8, 4) is 78.3 Å². The van der Waals surface area contributed by atoms with E-state index in [4.69, 9.17) is 15.0 Å². The van der Waals surface area contributed by atoms with Crippen molar-refractivity contribution >= 4 is 0 Å². The number of hydrogen-bond donors (Lipinski definition) is 0. The zero-order valence-electron chi connectivity index (χ0n) is 35.7. The van der Waals surface area contributed by atoms with Crippen molar-refractivity contribution in [2.24, 2.45) is 0 Å². The standard InChI is InChI=1S/C61H47N3/c1-4-14-48(15-5-1)49-29-31-50(32-30-49)58-41-53(59-22-12-13-37-62-59)33-34-57(58)56-21-11-10-20-55(56)54-39-46(25-23-44-27-35-60(63-42-44)51-16-6-2-7-17-51)38-47(40-54)26-24-45-28-36-61(64-43-45)52-18-8-3-9-19-52/h1-22,27-43H,23-26H2. The predicted octanol–water partition coefficient (Wildman–Crippen LogP) is 15.1. The highest BCUT2D eigenvalue weighted by atomic mass is 14.7. The maximum absolute atomic E-state index is 4.85. The lowest BCUT2D eigenvalue weighted by Gasteiger charge is -2.18. The van der Waals surface area contributed by atoms with Gasteiger partial charge >= 0.3 is 0 Å². The molecule has 3 heterocycles. The van der Waals surface area contributed by atoms with Gasteiger partial charge in [0, 0.05) is 35.3 Å². The van der Waals surface area contributed by atoms with E-state index in [1.165, 1.54) is 61.2 Å². The van der Waals surface area contributed by atoms with Crippen LogP contribution in [0.2, 0.25) is 0 Å². The van der Waals surface area contributed by atoms with Gasteiger partial charge in [0.2, 0.25) is 0 Å². The molecule has 0 saturated carbocycles. The maximum atomic E-state index is 4.85. The van der Waals surface area contributed by atoms with Crippen LogP contribution >= 0.6 is 0 Å². The van der Waals surface area contributed by atoms with E-state index < -0.39 is 0 Å². The normalized spacial score (nSPS) is 11.1. The molecule has 64 heavy (non-hydrogen) atoms. The summed E-state index contributed by atoms with van der Waals surface area (Å²) in [6.07, 6.45) is 9.55. The first kappa shape index (κ1) is 40.1. The fourth-order valence-corrected chi connectivity index (χ4v) is 8.64. The van der Waals surface area contributed by atoms with Gasteiger partial charge < -0.3 is 0 Å². The van der Waals surface area contributed by atoms with E-state index in [1.54, 1.807) is 0 Å². The fourth-order valence-electron chi connectivity index (χ4n) is 8.64. The Morgan fingerprint density at radius 1 is 0.234 bits per heavy atom. The third-order valence-electron chi connectivity index (χ3n) is 12.1. The van der Waals surface area contributed by atoms with Gasteiger partial charge in [-0.2, -0.15) is 0 Å². The number of benzene rings is 7. The molecule has 0 saturated heterocycles. The molecule has 3 nitrogen and oxygen atoms in total. The zero-order chi connectivity index (χ0) is 42.9. The van der Waals surface area contributed by atoms with E-state index in [9.17, 15) is 0 Å². The Hall–Kier alpha value is -8.01. The van der Waals surface area contributed by atoms with Gasteiger partial charge in [-0.15, -0.1) is 0 Å². The molecular formula is C61H47N3. The molecule has 0 bridgehead atoms.